The van der Waals surface area contributed by atoms with Crippen molar-refractivity contribution >= 4 is 22.9 Å². The molecule has 0 heterocycles. The maximum Gasteiger partial charge on any atom is 0.245 e. The Morgan fingerprint density at radius 3 is 2.40 bits per heavy atom. The molecule has 80 valence electrons. The zero-order chi connectivity index (χ0) is 11.3. The first-order valence-electron chi connectivity index (χ1n) is 5.04. The van der Waals surface area contributed by atoms with Gasteiger partial charge in [0.25, 0.3) is 0 Å². The summed E-state index contributed by atoms with van der Waals surface area (Å²) in [6.07, 6.45) is 4.16. The second-order valence-corrected chi connectivity index (χ2v) is 4.35. The van der Waals surface area contributed by atoms with Gasteiger partial charge in [-0.2, -0.15) is 0 Å². The van der Waals surface area contributed by atoms with Gasteiger partial charge in [0.05, 0.1) is 0 Å². The van der Waals surface area contributed by atoms with Crippen LogP contribution in [-0.2, 0) is 11.2 Å². The summed E-state index contributed by atoms with van der Waals surface area (Å²) in [7, 11) is 0. The molecule has 0 bridgehead atoms. The quantitative estimate of drug-likeness (QED) is 0.561. The van der Waals surface area contributed by atoms with E-state index in [1.807, 2.05) is 12.1 Å². The van der Waals surface area contributed by atoms with E-state index in [2.05, 4.69) is 26.0 Å². The summed E-state index contributed by atoms with van der Waals surface area (Å²) in [6.45, 7) is 4.39. The SMILES string of the molecule is CC(C)Cc1ccc(/C=C/C(=O)Cl)cc1. The van der Waals surface area contributed by atoms with E-state index in [-0.39, 0.29) is 0 Å². The van der Waals surface area contributed by atoms with Crippen LogP contribution in [0.2, 0.25) is 0 Å². The van der Waals surface area contributed by atoms with Crippen molar-refractivity contribution in [3.8, 4) is 0 Å². The van der Waals surface area contributed by atoms with Gasteiger partial charge in [-0.25, -0.2) is 0 Å². The highest BCUT2D eigenvalue weighted by atomic mass is 35.5. The molecule has 0 amide bonds. The number of hydrogen-bond donors (Lipinski definition) is 0. The molecule has 0 unspecified atom stereocenters. The third kappa shape index (κ3) is 4.80. The molecule has 1 aromatic carbocycles. The number of rotatable bonds is 4. The van der Waals surface area contributed by atoms with Gasteiger partial charge in [-0.3, -0.25) is 4.79 Å². The van der Waals surface area contributed by atoms with Gasteiger partial charge in [0.15, 0.2) is 0 Å². The molecule has 0 saturated carbocycles. The molecule has 0 fully saturated rings. The van der Waals surface area contributed by atoms with Gasteiger partial charge in [0.1, 0.15) is 0 Å². The Labute approximate surface area is 95.8 Å². The highest BCUT2D eigenvalue weighted by Gasteiger charge is 1.97. The number of allylic oxidation sites excluding steroid dienone is 1. The maximum atomic E-state index is 10.5. The second-order valence-electron chi connectivity index (χ2n) is 3.98. The summed E-state index contributed by atoms with van der Waals surface area (Å²) in [5.74, 6) is 0.663. The first-order valence-corrected chi connectivity index (χ1v) is 5.42. The molecule has 0 saturated heterocycles. The van der Waals surface area contributed by atoms with Crippen LogP contribution in [0.3, 0.4) is 0 Å². The van der Waals surface area contributed by atoms with E-state index in [1.165, 1.54) is 11.6 Å². The van der Waals surface area contributed by atoms with Crippen LogP contribution in [-0.4, -0.2) is 5.24 Å². The molecular weight excluding hydrogens is 208 g/mol. The summed E-state index contributed by atoms with van der Waals surface area (Å²) in [5, 5.41) is -0.443. The van der Waals surface area contributed by atoms with Crippen molar-refractivity contribution in [1.29, 1.82) is 0 Å². The Morgan fingerprint density at radius 2 is 1.93 bits per heavy atom. The molecule has 1 rings (SSSR count). The third-order valence-corrected chi connectivity index (χ3v) is 2.16. The van der Waals surface area contributed by atoms with Crippen LogP contribution < -0.4 is 0 Å². The predicted molar refractivity (Wildman–Crippen MR) is 64.9 cm³/mol. The highest BCUT2D eigenvalue weighted by molar-refractivity contribution is 6.66. The lowest BCUT2D eigenvalue weighted by Crippen LogP contribution is -1.93. The molecule has 0 radical (unpaired) electrons. The average Bonchev–Trinajstić information content (AvgIpc) is 2.16. The fourth-order valence-corrected chi connectivity index (χ4v) is 1.46. The van der Waals surface area contributed by atoms with Gasteiger partial charge in [-0.1, -0.05) is 44.2 Å². The standard InChI is InChI=1S/C13H15ClO/c1-10(2)9-12-5-3-11(4-6-12)7-8-13(14)15/h3-8,10H,9H2,1-2H3/b8-7+. The molecular formula is C13H15ClO. The van der Waals surface area contributed by atoms with Crippen LogP contribution in [0.4, 0.5) is 0 Å². The summed E-state index contributed by atoms with van der Waals surface area (Å²) in [6, 6.07) is 8.15. The zero-order valence-corrected chi connectivity index (χ0v) is 9.79. The van der Waals surface area contributed by atoms with E-state index in [0.29, 0.717) is 5.92 Å². The summed E-state index contributed by atoms with van der Waals surface area (Å²) < 4.78 is 0. The molecule has 0 atom stereocenters. The molecule has 0 N–H and O–H groups in total. The van der Waals surface area contributed by atoms with Gasteiger partial charge < -0.3 is 0 Å². The van der Waals surface area contributed by atoms with Crippen molar-refractivity contribution in [3.05, 3.63) is 41.5 Å². The van der Waals surface area contributed by atoms with Gasteiger partial charge in [-0.05, 0) is 41.1 Å². The summed E-state index contributed by atoms with van der Waals surface area (Å²) in [4.78, 5) is 10.5. The lowest BCUT2D eigenvalue weighted by Gasteiger charge is -2.04. The minimum Gasteiger partial charge on any atom is -0.276 e. The Kier molecular flexibility index (Phi) is 4.57. The van der Waals surface area contributed by atoms with Crippen LogP contribution in [0.1, 0.15) is 25.0 Å². The normalized spacial score (nSPS) is 11.2. The molecule has 0 spiro atoms. The van der Waals surface area contributed by atoms with E-state index in [1.54, 1.807) is 6.08 Å². The van der Waals surface area contributed by atoms with Crippen molar-refractivity contribution in [2.24, 2.45) is 5.92 Å². The fourth-order valence-electron chi connectivity index (χ4n) is 1.40. The maximum absolute atomic E-state index is 10.5. The van der Waals surface area contributed by atoms with E-state index < -0.39 is 5.24 Å². The fraction of sp³-hybridized carbons (Fsp3) is 0.308. The molecule has 0 aliphatic carbocycles. The van der Waals surface area contributed by atoms with E-state index in [9.17, 15) is 4.79 Å². The van der Waals surface area contributed by atoms with Crippen LogP contribution in [0, 0.1) is 5.92 Å². The predicted octanol–water partition coefficient (Wildman–Crippen LogP) is 3.66. The molecule has 0 aromatic heterocycles. The number of carbonyl (C=O) groups is 1. The molecule has 15 heavy (non-hydrogen) atoms. The van der Waals surface area contributed by atoms with Crippen molar-refractivity contribution < 1.29 is 4.79 Å². The van der Waals surface area contributed by atoms with Gasteiger partial charge >= 0.3 is 0 Å². The van der Waals surface area contributed by atoms with E-state index >= 15 is 0 Å². The lowest BCUT2D eigenvalue weighted by molar-refractivity contribution is -0.107. The molecule has 0 aliphatic rings. The van der Waals surface area contributed by atoms with Gasteiger partial charge in [-0.15, -0.1) is 0 Å². The highest BCUT2D eigenvalue weighted by Crippen LogP contribution is 2.10. The topological polar surface area (TPSA) is 17.1 Å². The summed E-state index contributed by atoms with van der Waals surface area (Å²) in [5.41, 5.74) is 2.32. The minimum atomic E-state index is -0.443. The largest absolute Gasteiger partial charge is 0.276 e. The Balaban J connectivity index is 2.68. The van der Waals surface area contributed by atoms with Crippen molar-refractivity contribution in [3.63, 3.8) is 0 Å². The first-order chi connectivity index (χ1) is 7.08. The van der Waals surface area contributed by atoms with Crippen LogP contribution in [0.5, 0.6) is 0 Å². The zero-order valence-electron chi connectivity index (χ0n) is 9.03. The van der Waals surface area contributed by atoms with Gasteiger partial charge in [0, 0.05) is 0 Å². The summed E-state index contributed by atoms with van der Waals surface area (Å²) >= 11 is 5.20. The van der Waals surface area contributed by atoms with Crippen LogP contribution >= 0.6 is 11.6 Å². The monoisotopic (exact) mass is 222 g/mol. The Morgan fingerprint density at radius 1 is 1.33 bits per heavy atom. The molecule has 1 nitrogen and oxygen atoms in total. The van der Waals surface area contributed by atoms with Crippen molar-refractivity contribution in [2.75, 3.05) is 0 Å². The van der Waals surface area contributed by atoms with Crippen LogP contribution in [0.25, 0.3) is 6.08 Å². The molecule has 1 aromatic rings. The molecule has 0 aliphatic heterocycles. The Bertz CT molecular complexity index is 349. The smallest absolute Gasteiger partial charge is 0.245 e. The number of hydrogen-bond acceptors (Lipinski definition) is 1. The van der Waals surface area contributed by atoms with E-state index in [0.717, 1.165) is 12.0 Å². The van der Waals surface area contributed by atoms with Crippen molar-refractivity contribution in [2.45, 2.75) is 20.3 Å². The first kappa shape index (κ1) is 12.0. The van der Waals surface area contributed by atoms with Gasteiger partial charge in [0.2, 0.25) is 5.24 Å². The number of carbonyl (C=O) groups excluding carboxylic acids is 1. The number of halogens is 1. The molecule has 2 heteroatoms. The van der Waals surface area contributed by atoms with E-state index in [4.69, 9.17) is 11.6 Å². The average molecular weight is 223 g/mol. The minimum absolute atomic E-state index is 0.443. The second kappa shape index (κ2) is 5.72. The lowest BCUT2D eigenvalue weighted by atomic mass is 10.0. The third-order valence-electron chi connectivity index (χ3n) is 2.03. The van der Waals surface area contributed by atoms with Crippen LogP contribution in [0.15, 0.2) is 30.3 Å². The Hall–Kier alpha value is -1.08. The van der Waals surface area contributed by atoms with Crippen molar-refractivity contribution in [1.82, 2.24) is 0 Å². The number of benzene rings is 1.